The molecule has 0 radical (unpaired) electrons. The van der Waals surface area contributed by atoms with Gasteiger partial charge in [-0.25, -0.2) is 13.2 Å². The lowest BCUT2D eigenvalue weighted by Crippen LogP contribution is -2.37. The number of anilines is 1. The van der Waals surface area contributed by atoms with Gasteiger partial charge < -0.3 is 9.15 Å². The first-order valence-electron chi connectivity index (χ1n) is 11.8. The van der Waals surface area contributed by atoms with E-state index in [1.807, 2.05) is 20.8 Å². The molecular weight excluding hydrogens is 492 g/mol. The highest BCUT2D eigenvalue weighted by Gasteiger charge is 2.33. The minimum Gasteiger partial charge on any atom is -0.462 e. The van der Waals surface area contributed by atoms with E-state index >= 15 is 0 Å². The van der Waals surface area contributed by atoms with Crippen molar-refractivity contribution in [2.45, 2.75) is 44.9 Å². The van der Waals surface area contributed by atoms with Crippen LogP contribution >= 0.6 is 0 Å². The summed E-state index contributed by atoms with van der Waals surface area (Å²) in [5.41, 5.74) is 1.52. The number of furan rings is 1. The van der Waals surface area contributed by atoms with E-state index in [2.05, 4.69) is 4.98 Å². The lowest BCUT2D eigenvalue weighted by molar-refractivity contribution is 0.0526. The number of pyridine rings is 1. The summed E-state index contributed by atoms with van der Waals surface area (Å²) in [6.45, 7) is 9.56. The molecule has 0 aliphatic rings. The Morgan fingerprint density at radius 3 is 2.24 bits per heavy atom. The molecule has 0 saturated carbocycles. The fraction of sp³-hybridized carbons (Fsp3) is 0.250. The van der Waals surface area contributed by atoms with Crippen molar-refractivity contribution >= 4 is 38.6 Å². The van der Waals surface area contributed by atoms with E-state index < -0.39 is 21.9 Å². The number of sulfonamides is 1. The third-order valence-corrected chi connectivity index (χ3v) is 7.66. The Kier molecular flexibility index (Phi) is 6.92. The second-order valence-electron chi connectivity index (χ2n) is 9.52. The SMILES string of the molecule is CCOC(=O)c1c(C)oc2ccc(N(C(=O)c3ccncc3)S(=O)(=O)c3ccc(C(C)(C)C)cc3)cc12. The smallest absolute Gasteiger partial charge is 0.342 e. The Hall–Kier alpha value is -3.98. The van der Waals surface area contributed by atoms with Crippen LogP contribution in [0.3, 0.4) is 0 Å². The molecule has 2 aromatic heterocycles. The first kappa shape index (κ1) is 26.1. The highest BCUT2D eigenvalue weighted by molar-refractivity contribution is 7.93. The van der Waals surface area contributed by atoms with Gasteiger partial charge in [0, 0.05) is 23.3 Å². The fourth-order valence-electron chi connectivity index (χ4n) is 4.00. The number of fused-ring (bicyclic) bond motifs is 1. The lowest BCUT2D eigenvalue weighted by atomic mass is 9.87. The number of carbonyl (C=O) groups excluding carboxylic acids is 2. The second-order valence-corrected chi connectivity index (χ2v) is 11.3. The number of ether oxygens (including phenoxy) is 1. The monoisotopic (exact) mass is 520 g/mol. The fourth-order valence-corrected chi connectivity index (χ4v) is 5.41. The normalized spacial score (nSPS) is 11.9. The molecule has 0 atom stereocenters. The number of aromatic nitrogens is 1. The molecule has 0 N–H and O–H groups in total. The van der Waals surface area contributed by atoms with E-state index in [9.17, 15) is 18.0 Å². The molecule has 37 heavy (non-hydrogen) atoms. The van der Waals surface area contributed by atoms with Gasteiger partial charge in [-0.15, -0.1) is 0 Å². The van der Waals surface area contributed by atoms with E-state index in [0.29, 0.717) is 16.7 Å². The largest absolute Gasteiger partial charge is 0.462 e. The van der Waals surface area contributed by atoms with Crippen molar-refractivity contribution in [2.75, 3.05) is 10.9 Å². The van der Waals surface area contributed by atoms with Gasteiger partial charge in [0.15, 0.2) is 0 Å². The number of hydrogen-bond acceptors (Lipinski definition) is 7. The molecule has 9 heteroatoms. The predicted octanol–water partition coefficient (Wildman–Crippen LogP) is 5.65. The van der Waals surface area contributed by atoms with Crippen molar-refractivity contribution in [3.8, 4) is 0 Å². The summed E-state index contributed by atoms with van der Waals surface area (Å²) < 4.78 is 39.5. The molecule has 0 unspecified atom stereocenters. The highest BCUT2D eigenvalue weighted by atomic mass is 32.2. The van der Waals surface area contributed by atoms with E-state index in [1.54, 1.807) is 26.0 Å². The van der Waals surface area contributed by atoms with Crippen molar-refractivity contribution < 1.29 is 27.2 Å². The second kappa shape index (κ2) is 9.82. The van der Waals surface area contributed by atoms with Crippen LogP contribution in [0.1, 0.15) is 59.7 Å². The molecule has 0 saturated heterocycles. The molecule has 4 rings (SSSR count). The van der Waals surface area contributed by atoms with E-state index in [-0.39, 0.29) is 33.7 Å². The summed E-state index contributed by atoms with van der Waals surface area (Å²) in [4.78, 5) is 30.2. The number of hydrogen-bond donors (Lipinski definition) is 0. The number of nitrogens with zero attached hydrogens (tertiary/aromatic N) is 2. The van der Waals surface area contributed by atoms with Crippen LogP contribution < -0.4 is 4.31 Å². The molecule has 0 fully saturated rings. The number of carbonyl (C=O) groups is 2. The molecule has 0 bridgehead atoms. The molecule has 192 valence electrons. The average Bonchev–Trinajstić information content (AvgIpc) is 3.19. The maximum atomic E-state index is 13.9. The number of aryl methyl sites for hydroxylation is 1. The summed E-state index contributed by atoms with van der Waals surface area (Å²) in [7, 11) is -4.35. The van der Waals surface area contributed by atoms with Gasteiger partial charge in [0.25, 0.3) is 15.9 Å². The van der Waals surface area contributed by atoms with Crippen LogP contribution in [-0.2, 0) is 20.2 Å². The van der Waals surface area contributed by atoms with Gasteiger partial charge in [-0.2, -0.15) is 4.31 Å². The average molecular weight is 521 g/mol. The van der Waals surface area contributed by atoms with Crippen LogP contribution in [0.15, 0.2) is 76.3 Å². The van der Waals surface area contributed by atoms with Gasteiger partial charge in [0.1, 0.15) is 16.9 Å². The quantitative estimate of drug-likeness (QED) is 0.303. The third-order valence-electron chi connectivity index (χ3n) is 5.93. The molecule has 2 heterocycles. The van der Waals surface area contributed by atoms with Crippen LogP contribution in [0.5, 0.6) is 0 Å². The Morgan fingerprint density at radius 1 is 1.00 bits per heavy atom. The maximum absolute atomic E-state index is 13.9. The van der Waals surface area contributed by atoms with E-state index in [1.165, 1.54) is 54.9 Å². The van der Waals surface area contributed by atoms with Gasteiger partial charge in [-0.05, 0) is 67.3 Å². The molecule has 0 aliphatic carbocycles. The van der Waals surface area contributed by atoms with Gasteiger partial charge in [0.05, 0.1) is 17.2 Å². The third kappa shape index (κ3) is 4.99. The Morgan fingerprint density at radius 2 is 1.65 bits per heavy atom. The van der Waals surface area contributed by atoms with Crippen LogP contribution in [0.25, 0.3) is 11.0 Å². The van der Waals surface area contributed by atoms with Crippen LogP contribution in [-0.4, -0.2) is 31.9 Å². The molecule has 2 aromatic carbocycles. The highest BCUT2D eigenvalue weighted by Crippen LogP contribution is 2.34. The number of amides is 1. The van der Waals surface area contributed by atoms with Crippen molar-refractivity contribution in [3.63, 3.8) is 0 Å². The summed E-state index contributed by atoms with van der Waals surface area (Å²) in [6, 6.07) is 13.8. The van der Waals surface area contributed by atoms with Crippen molar-refractivity contribution in [3.05, 3.63) is 89.4 Å². The number of benzene rings is 2. The van der Waals surface area contributed by atoms with Crippen LogP contribution in [0.4, 0.5) is 5.69 Å². The molecule has 4 aromatic rings. The van der Waals surface area contributed by atoms with Crippen molar-refractivity contribution in [1.29, 1.82) is 0 Å². The molecular formula is C28H28N2O6S. The van der Waals surface area contributed by atoms with Crippen LogP contribution in [0, 0.1) is 6.92 Å². The minimum absolute atomic E-state index is 0.0445. The predicted molar refractivity (Wildman–Crippen MR) is 140 cm³/mol. The number of esters is 1. The zero-order chi connectivity index (χ0) is 27.0. The molecule has 8 nitrogen and oxygen atoms in total. The number of rotatable bonds is 6. The van der Waals surface area contributed by atoms with Crippen molar-refractivity contribution in [2.24, 2.45) is 0 Å². The Labute approximate surface area is 215 Å². The lowest BCUT2D eigenvalue weighted by Gasteiger charge is -2.24. The summed E-state index contributed by atoms with van der Waals surface area (Å²) in [5, 5.41) is 0.347. The topological polar surface area (TPSA) is 107 Å². The van der Waals surface area contributed by atoms with Crippen molar-refractivity contribution in [1.82, 2.24) is 4.98 Å². The van der Waals surface area contributed by atoms with Gasteiger partial charge in [-0.1, -0.05) is 32.9 Å². The van der Waals surface area contributed by atoms with E-state index in [0.717, 1.165) is 9.87 Å². The van der Waals surface area contributed by atoms with Gasteiger partial charge in [0.2, 0.25) is 0 Å². The zero-order valence-electron chi connectivity index (χ0n) is 21.3. The minimum atomic E-state index is -4.35. The molecule has 0 aliphatic heterocycles. The first-order valence-corrected chi connectivity index (χ1v) is 13.2. The summed E-state index contributed by atoms with van der Waals surface area (Å²) in [6.07, 6.45) is 2.83. The summed E-state index contributed by atoms with van der Waals surface area (Å²) in [5.74, 6) is -1.03. The van der Waals surface area contributed by atoms with E-state index in [4.69, 9.17) is 9.15 Å². The molecule has 0 spiro atoms. The summed E-state index contributed by atoms with van der Waals surface area (Å²) >= 11 is 0. The maximum Gasteiger partial charge on any atom is 0.342 e. The Balaban J connectivity index is 1.91. The zero-order valence-corrected chi connectivity index (χ0v) is 22.1. The van der Waals surface area contributed by atoms with Gasteiger partial charge >= 0.3 is 5.97 Å². The first-order chi connectivity index (χ1) is 17.4. The standard InChI is InChI=1S/C28H28N2O6S/c1-6-35-27(32)25-18(2)36-24-12-9-21(17-23(24)25)30(26(31)19-13-15-29-16-14-19)37(33,34)22-10-7-20(8-11-22)28(3,4)5/h7-17H,6H2,1-5H3. The molecule has 1 amide bonds. The van der Waals surface area contributed by atoms with Gasteiger partial charge in [-0.3, -0.25) is 9.78 Å². The Bertz CT molecular complexity index is 1570. The van der Waals surface area contributed by atoms with Crippen LogP contribution in [0.2, 0.25) is 0 Å².